The highest BCUT2D eigenvalue weighted by atomic mass is 127. The summed E-state index contributed by atoms with van der Waals surface area (Å²) < 4.78 is 60.0. The van der Waals surface area contributed by atoms with Gasteiger partial charge >= 0.3 is 12.1 Å². The predicted molar refractivity (Wildman–Crippen MR) is 150 cm³/mol. The van der Waals surface area contributed by atoms with E-state index in [1.165, 1.54) is 31.3 Å². The van der Waals surface area contributed by atoms with E-state index < -0.39 is 28.8 Å². The number of hydrogen-bond acceptors (Lipinski definition) is 7. The molecule has 0 spiro atoms. The summed E-state index contributed by atoms with van der Waals surface area (Å²) in [5.41, 5.74) is -1.12. The number of carbonyl (C=O) groups is 2. The van der Waals surface area contributed by atoms with E-state index in [1.54, 1.807) is 0 Å². The summed E-state index contributed by atoms with van der Waals surface area (Å²) in [4.78, 5) is 28.0. The zero-order valence-corrected chi connectivity index (χ0v) is 24.8. The van der Waals surface area contributed by atoms with Gasteiger partial charge < -0.3 is 24.2 Å². The van der Waals surface area contributed by atoms with Crippen LogP contribution in [0.15, 0.2) is 24.3 Å². The van der Waals surface area contributed by atoms with Gasteiger partial charge in [0.15, 0.2) is 5.06 Å². The average Bonchev–Trinajstić information content (AvgIpc) is 3.28. The smallest absolute Gasteiger partial charge is 0.420 e. The van der Waals surface area contributed by atoms with Gasteiger partial charge in [-0.2, -0.15) is 13.2 Å². The van der Waals surface area contributed by atoms with Crippen LogP contribution >= 0.6 is 34.2 Å². The Hall–Kier alpha value is -1.94. The Morgan fingerprint density at radius 3 is 2.33 bits per heavy atom. The first-order chi connectivity index (χ1) is 18.5. The average molecular weight is 685 g/mol. The van der Waals surface area contributed by atoms with Crippen molar-refractivity contribution in [3.63, 3.8) is 0 Å². The van der Waals surface area contributed by atoms with Crippen LogP contribution in [-0.2, 0) is 27.0 Å². The lowest BCUT2D eigenvalue weighted by Gasteiger charge is -2.36. The van der Waals surface area contributed by atoms with E-state index in [1.807, 2.05) is 22.9 Å². The van der Waals surface area contributed by atoms with Gasteiger partial charge in [0.2, 0.25) is 5.91 Å². The molecule has 0 unspecified atom stereocenters. The summed E-state index contributed by atoms with van der Waals surface area (Å²) in [5.74, 6) is -1.46. The SMILES string of the molecule is COCC(COC)N(C(=O)C1CCC(C)CC1)c1ccc(Oc2sc(CNI)cc2C(F)(F)F)cc1C(=O)O. The number of thiophene rings is 1. The van der Waals surface area contributed by atoms with Crippen molar-refractivity contribution in [1.82, 2.24) is 3.53 Å². The molecule has 13 heteroatoms. The number of anilines is 1. The second-order valence-electron chi connectivity index (χ2n) is 9.54. The van der Waals surface area contributed by atoms with Gasteiger partial charge in [-0.15, -0.1) is 11.3 Å². The Morgan fingerprint density at radius 2 is 1.79 bits per heavy atom. The second-order valence-corrected chi connectivity index (χ2v) is 11.4. The van der Waals surface area contributed by atoms with Gasteiger partial charge in [0.1, 0.15) is 11.3 Å². The van der Waals surface area contributed by atoms with Crippen LogP contribution in [0.2, 0.25) is 0 Å². The number of aromatic carboxylic acids is 1. The number of carbonyl (C=O) groups excluding carboxylic acids is 1. The molecule has 0 radical (unpaired) electrons. The third-order valence-electron chi connectivity index (χ3n) is 6.65. The van der Waals surface area contributed by atoms with Crippen molar-refractivity contribution < 1.29 is 42.1 Å². The highest BCUT2D eigenvalue weighted by Crippen LogP contribution is 2.44. The lowest BCUT2D eigenvalue weighted by molar-refractivity contribution is -0.138. The van der Waals surface area contributed by atoms with Crippen LogP contribution in [-0.4, -0.2) is 50.5 Å². The molecule has 8 nitrogen and oxygen atoms in total. The summed E-state index contributed by atoms with van der Waals surface area (Å²) in [5, 5.41) is 9.69. The molecule has 39 heavy (non-hydrogen) atoms. The molecular weight excluding hydrogens is 652 g/mol. The minimum absolute atomic E-state index is 0.0913. The Labute approximate surface area is 243 Å². The molecule has 1 fully saturated rings. The minimum Gasteiger partial charge on any atom is -0.478 e. The molecule has 0 atom stereocenters. The van der Waals surface area contributed by atoms with Crippen molar-refractivity contribution >= 4 is 51.8 Å². The van der Waals surface area contributed by atoms with Crippen LogP contribution in [0.4, 0.5) is 18.9 Å². The number of alkyl halides is 3. The quantitative estimate of drug-likeness (QED) is 0.194. The number of methoxy groups -OCH3 is 2. The number of halogens is 4. The van der Waals surface area contributed by atoms with Crippen molar-refractivity contribution in [2.45, 2.75) is 51.4 Å². The monoisotopic (exact) mass is 684 g/mol. The first kappa shape index (κ1) is 31.6. The van der Waals surface area contributed by atoms with E-state index in [0.717, 1.165) is 36.3 Å². The van der Waals surface area contributed by atoms with Crippen molar-refractivity contribution in [1.29, 1.82) is 0 Å². The number of benzene rings is 1. The van der Waals surface area contributed by atoms with Crippen molar-refractivity contribution in [2.75, 3.05) is 32.3 Å². The molecule has 0 bridgehead atoms. The molecule has 1 saturated carbocycles. The number of amides is 1. The molecule has 3 rings (SSSR count). The van der Waals surface area contributed by atoms with Crippen LogP contribution in [0, 0.1) is 11.8 Å². The summed E-state index contributed by atoms with van der Waals surface area (Å²) in [6.45, 7) is 2.53. The minimum atomic E-state index is -4.65. The lowest BCUT2D eigenvalue weighted by atomic mass is 9.82. The number of carboxylic acids is 1. The molecular formula is C26H32F3IN2O6S. The Kier molecular flexibility index (Phi) is 11.4. The number of ether oxygens (including phenoxy) is 3. The molecule has 0 aliphatic heterocycles. The highest BCUT2D eigenvalue weighted by molar-refractivity contribution is 14.1. The van der Waals surface area contributed by atoms with Gasteiger partial charge in [0, 0.05) is 54.4 Å². The zero-order valence-electron chi connectivity index (χ0n) is 21.8. The first-order valence-corrected chi connectivity index (χ1v) is 14.3. The van der Waals surface area contributed by atoms with E-state index in [0.29, 0.717) is 23.6 Å². The van der Waals surface area contributed by atoms with Crippen LogP contribution < -0.4 is 13.2 Å². The van der Waals surface area contributed by atoms with Gasteiger partial charge in [-0.05, 0) is 55.9 Å². The summed E-state index contributed by atoms with van der Waals surface area (Å²) in [7, 11) is 2.95. The second kappa shape index (κ2) is 14.1. The number of carboxylic acid groups (broad SMARTS) is 1. The van der Waals surface area contributed by atoms with Crippen molar-refractivity contribution in [3.05, 3.63) is 40.3 Å². The standard InChI is InChI=1S/C26H32F3IN2O6S/c1-15-4-6-16(7-5-15)23(33)32(17(13-36-2)14-37-3)22-9-8-18(10-20(22)24(34)35)38-25-21(26(27,28)29)11-19(39-25)12-31-30/h8-11,15-17,31H,4-7,12-14H2,1-3H3,(H,34,35). The molecule has 1 aromatic heterocycles. The zero-order chi connectivity index (χ0) is 28.7. The van der Waals surface area contributed by atoms with Gasteiger partial charge in [-0.1, -0.05) is 6.92 Å². The number of nitrogens with zero attached hydrogens (tertiary/aromatic N) is 1. The van der Waals surface area contributed by atoms with Gasteiger partial charge in [0.25, 0.3) is 0 Å². The fourth-order valence-electron chi connectivity index (χ4n) is 4.70. The van der Waals surface area contributed by atoms with Crippen LogP contribution in [0.3, 0.4) is 0 Å². The van der Waals surface area contributed by atoms with Gasteiger partial charge in [0.05, 0.1) is 30.5 Å². The number of hydrogen-bond donors (Lipinski definition) is 2. The molecule has 216 valence electrons. The van der Waals surface area contributed by atoms with E-state index in [4.69, 9.17) is 14.2 Å². The maximum absolute atomic E-state index is 13.8. The summed E-state index contributed by atoms with van der Waals surface area (Å²) in [6, 6.07) is 4.30. The summed E-state index contributed by atoms with van der Waals surface area (Å²) in [6.07, 6.45) is -1.52. The molecule has 1 aromatic carbocycles. The molecule has 1 aliphatic carbocycles. The largest absolute Gasteiger partial charge is 0.478 e. The highest BCUT2D eigenvalue weighted by Gasteiger charge is 2.38. The molecule has 1 aliphatic rings. The number of nitrogens with one attached hydrogen (secondary N) is 1. The maximum Gasteiger partial charge on any atom is 0.420 e. The van der Waals surface area contributed by atoms with E-state index in [2.05, 4.69) is 10.5 Å². The van der Waals surface area contributed by atoms with E-state index in [-0.39, 0.29) is 48.6 Å². The van der Waals surface area contributed by atoms with Crippen molar-refractivity contribution in [3.8, 4) is 10.8 Å². The fraction of sp³-hybridized carbons (Fsp3) is 0.538. The van der Waals surface area contributed by atoms with Crippen LogP contribution in [0.5, 0.6) is 10.8 Å². The Morgan fingerprint density at radius 1 is 1.15 bits per heavy atom. The maximum atomic E-state index is 13.8. The molecule has 2 aromatic rings. The van der Waals surface area contributed by atoms with Crippen LogP contribution in [0.1, 0.15) is 53.4 Å². The first-order valence-electron chi connectivity index (χ1n) is 12.4. The third-order valence-corrected chi connectivity index (χ3v) is 8.04. The van der Waals surface area contributed by atoms with Crippen molar-refractivity contribution in [2.24, 2.45) is 11.8 Å². The molecule has 2 N–H and O–H groups in total. The topological polar surface area (TPSA) is 97.3 Å². The fourth-order valence-corrected chi connectivity index (χ4v) is 6.35. The Balaban J connectivity index is 2.04. The summed E-state index contributed by atoms with van der Waals surface area (Å²) >= 11 is 2.65. The van der Waals surface area contributed by atoms with Crippen LogP contribution in [0.25, 0.3) is 0 Å². The van der Waals surface area contributed by atoms with Gasteiger partial charge in [-0.25, -0.2) is 4.79 Å². The third kappa shape index (κ3) is 8.06. The Bertz CT molecular complexity index is 1130. The van der Waals surface area contributed by atoms with E-state index in [9.17, 15) is 27.9 Å². The van der Waals surface area contributed by atoms with E-state index >= 15 is 0 Å². The normalized spacial score (nSPS) is 17.8. The van der Waals surface area contributed by atoms with Gasteiger partial charge in [-0.3, -0.25) is 8.32 Å². The molecule has 0 saturated heterocycles. The predicted octanol–water partition coefficient (Wildman–Crippen LogP) is 6.52. The lowest BCUT2D eigenvalue weighted by Crippen LogP contribution is -2.49. The molecule has 1 amide bonds. The molecule has 1 heterocycles. The number of rotatable bonds is 12.